The number of rotatable bonds is 4. The molecule has 0 saturated carbocycles. The van der Waals surface area contributed by atoms with Crippen molar-refractivity contribution in [3.8, 4) is 0 Å². The van der Waals surface area contributed by atoms with Crippen LogP contribution in [0, 0.1) is 22.9 Å². The lowest BCUT2D eigenvalue weighted by atomic mass is 10.2. The first-order chi connectivity index (χ1) is 9.70. The third-order valence-electron chi connectivity index (χ3n) is 2.62. The molecule has 0 bridgehead atoms. The van der Waals surface area contributed by atoms with E-state index < -0.39 is 26.5 Å². The molecule has 0 unspecified atom stereocenters. The number of nitrogens with one attached hydrogen (secondary N) is 1. The number of nitrogen functional groups attached to an aromatic ring is 1. The fraction of sp³-hybridized carbons (Fsp3) is 0.0909. The van der Waals surface area contributed by atoms with Gasteiger partial charge in [0.2, 0.25) is 0 Å². The molecule has 0 spiro atoms. The molecule has 112 valence electrons. The van der Waals surface area contributed by atoms with Crippen LogP contribution < -0.4 is 10.5 Å². The van der Waals surface area contributed by atoms with Gasteiger partial charge in [0.15, 0.2) is 5.00 Å². The minimum atomic E-state index is -4.07. The Morgan fingerprint density at radius 1 is 1.38 bits per heavy atom. The fourth-order valence-electron chi connectivity index (χ4n) is 1.55. The number of benzene rings is 1. The summed E-state index contributed by atoms with van der Waals surface area (Å²) in [6, 6.07) is 4.51. The highest BCUT2D eigenvalue weighted by molar-refractivity contribution is 7.94. The Kier molecular flexibility index (Phi) is 3.83. The number of hydrogen-bond acceptors (Lipinski definition) is 6. The smallest absolute Gasteiger partial charge is 0.304 e. The first-order valence-electron chi connectivity index (χ1n) is 5.53. The Hall–Kier alpha value is -2.20. The topological polar surface area (TPSA) is 115 Å². The van der Waals surface area contributed by atoms with Gasteiger partial charge in [-0.3, -0.25) is 14.8 Å². The van der Waals surface area contributed by atoms with Gasteiger partial charge in [-0.1, -0.05) is 17.4 Å². The van der Waals surface area contributed by atoms with Crippen molar-refractivity contribution in [1.29, 1.82) is 0 Å². The third kappa shape index (κ3) is 3.11. The Morgan fingerprint density at radius 3 is 2.62 bits per heavy atom. The second-order valence-corrected chi connectivity index (χ2v) is 7.13. The van der Waals surface area contributed by atoms with E-state index in [9.17, 15) is 22.9 Å². The van der Waals surface area contributed by atoms with Crippen molar-refractivity contribution in [1.82, 2.24) is 0 Å². The van der Waals surface area contributed by atoms with Crippen LogP contribution in [0.5, 0.6) is 0 Å². The van der Waals surface area contributed by atoms with Gasteiger partial charge < -0.3 is 5.73 Å². The molecule has 21 heavy (non-hydrogen) atoms. The average molecular weight is 331 g/mol. The van der Waals surface area contributed by atoms with Crippen LogP contribution in [0.15, 0.2) is 28.5 Å². The zero-order valence-electron chi connectivity index (χ0n) is 10.7. The molecule has 0 radical (unpaired) electrons. The largest absolute Gasteiger partial charge is 0.385 e. The second-order valence-electron chi connectivity index (χ2n) is 4.14. The molecule has 2 rings (SSSR count). The van der Waals surface area contributed by atoms with E-state index in [1.54, 1.807) is 6.92 Å². The van der Waals surface area contributed by atoms with E-state index >= 15 is 0 Å². The van der Waals surface area contributed by atoms with Crippen molar-refractivity contribution in [2.75, 3.05) is 10.5 Å². The molecule has 3 N–H and O–H groups in total. The highest BCUT2D eigenvalue weighted by atomic mass is 32.2. The van der Waals surface area contributed by atoms with Gasteiger partial charge in [-0.15, -0.1) is 0 Å². The summed E-state index contributed by atoms with van der Waals surface area (Å²) in [5.41, 5.74) is 5.51. The summed E-state index contributed by atoms with van der Waals surface area (Å²) in [5.74, 6) is -0.602. The molecule has 0 amide bonds. The Labute approximate surface area is 123 Å². The summed E-state index contributed by atoms with van der Waals surface area (Å²) < 4.78 is 39.3. The van der Waals surface area contributed by atoms with Crippen molar-refractivity contribution in [3.05, 3.63) is 45.8 Å². The minimum absolute atomic E-state index is 0.0598. The first kappa shape index (κ1) is 15.2. The number of halogens is 1. The van der Waals surface area contributed by atoms with E-state index in [2.05, 4.69) is 4.72 Å². The summed E-state index contributed by atoms with van der Waals surface area (Å²) in [6.45, 7) is 1.60. The van der Waals surface area contributed by atoms with Crippen LogP contribution in [0.2, 0.25) is 0 Å². The number of nitrogens with zero attached hydrogens (tertiary/aromatic N) is 1. The molecule has 0 fully saturated rings. The van der Waals surface area contributed by atoms with Crippen molar-refractivity contribution in [2.24, 2.45) is 0 Å². The van der Waals surface area contributed by atoms with E-state index in [0.29, 0.717) is 16.9 Å². The van der Waals surface area contributed by atoms with E-state index in [4.69, 9.17) is 5.73 Å². The average Bonchev–Trinajstić information content (AvgIpc) is 2.77. The maximum Gasteiger partial charge on any atom is 0.304 e. The Balaban J connectivity index is 2.41. The van der Waals surface area contributed by atoms with E-state index in [1.807, 2.05) is 0 Å². The van der Waals surface area contributed by atoms with Gasteiger partial charge >= 0.3 is 5.69 Å². The summed E-state index contributed by atoms with van der Waals surface area (Å²) in [7, 11) is -4.07. The lowest BCUT2D eigenvalue weighted by Gasteiger charge is -2.08. The van der Waals surface area contributed by atoms with Gasteiger partial charge in [-0.05, 0) is 24.6 Å². The standard InChI is InChI=1S/C11H10FN3O4S2/c1-6-2-3-7(12)4-8(6)14-21(18,19)10-5-9(15(16)17)11(13)20-10/h2-5,14H,13H2,1H3. The number of aryl methyl sites for hydroxylation is 1. The Morgan fingerprint density at radius 2 is 2.05 bits per heavy atom. The number of nitrogens with two attached hydrogens (primary N) is 1. The molecule has 0 aliphatic heterocycles. The van der Waals surface area contributed by atoms with Crippen molar-refractivity contribution < 1.29 is 17.7 Å². The van der Waals surface area contributed by atoms with Crippen LogP contribution in [-0.4, -0.2) is 13.3 Å². The molecular weight excluding hydrogens is 321 g/mol. The normalized spacial score (nSPS) is 11.3. The van der Waals surface area contributed by atoms with Gasteiger partial charge in [-0.25, -0.2) is 12.8 Å². The zero-order valence-corrected chi connectivity index (χ0v) is 12.3. The molecule has 0 aliphatic rings. The van der Waals surface area contributed by atoms with Gasteiger partial charge in [0.1, 0.15) is 10.0 Å². The SMILES string of the molecule is Cc1ccc(F)cc1NS(=O)(=O)c1cc([N+](=O)[O-])c(N)s1. The molecule has 1 heterocycles. The first-order valence-corrected chi connectivity index (χ1v) is 7.83. The monoisotopic (exact) mass is 331 g/mol. The molecular formula is C11H10FN3O4S2. The maximum atomic E-state index is 13.2. The number of thiophene rings is 1. The molecule has 2 aromatic rings. The fourth-order valence-corrected chi connectivity index (χ4v) is 3.88. The van der Waals surface area contributed by atoms with Crippen molar-refractivity contribution in [2.45, 2.75) is 11.1 Å². The molecule has 1 aromatic heterocycles. The van der Waals surface area contributed by atoms with Crippen LogP contribution in [0.4, 0.5) is 20.8 Å². The van der Waals surface area contributed by atoms with Crippen molar-refractivity contribution in [3.63, 3.8) is 0 Å². The van der Waals surface area contributed by atoms with Gasteiger partial charge in [0.05, 0.1) is 10.6 Å². The van der Waals surface area contributed by atoms with Crippen LogP contribution >= 0.6 is 11.3 Å². The molecule has 7 nitrogen and oxygen atoms in total. The van der Waals surface area contributed by atoms with E-state index in [-0.39, 0.29) is 14.9 Å². The van der Waals surface area contributed by atoms with Crippen LogP contribution in [0.1, 0.15) is 5.56 Å². The van der Waals surface area contributed by atoms with Crippen LogP contribution in [0.25, 0.3) is 0 Å². The highest BCUT2D eigenvalue weighted by Gasteiger charge is 2.25. The second kappa shape index (κ2) is 5.30. The van der Waals surface area contributed by atoms with Gasteiger partial charge in [0, 0.05) is 6.07 Å². The minimum Gasteiger partial charge on any atom is -0.385 e. The van der Waals surface area contributed by atoms with E-state index in [0.717, 1.165) is 12.1 Å². The quantitative estimate of drug-likeness (QED) is 0.659. The lowest BCUT2D eigenvalue weighted by Crippen LogP contribution is -2.12. The predicted octanol–water partition coefficient (Wildman–Crippen LogP) is 2.49. The Bertz CT molecular complexity index is 817. The molecule has 0 atom stereocenters. The summed E-state index contributed by atoms with van der Waals surface area (Å²) in [6.07, 6.45) is 0. The summed E-state index contributed by atoms with van der Waals surface area (Å²) in [5, 5.41) is 10.5. The summed E-state index contributed by atoms with van der Waals surface area (Å²) in [4.78, 5) is 9.92. The molecule has 0 aliphatic carbocycles. The predicted molar refractivity (Wildman–Crippen MR) is 77.3 cm³/mol. The number of nitro groups is 1. The zero-order chi connectivity index (χ0) is 15.8. The highest BCUT2D eigenvalue weighted by Crippen LogP contribution is 2.35. The van der Waals surface area contributed by atoms with E-state index in [1.165, 1.54) is 12.1 Å². The third-order valence-corrected chi connectivity index (χ3v) is 5.42. The van der Waals surface area contributed by atoms with Gasteiger partial charge in [0.25, 0.3) is 10.0 Å². The molecule has 0 saturated heterocycles. The molecule has 10 heteroatoms. The lowest BCUT2D eigenvalue weighted by molar-refractivity contribution is -0.383. The number of hydrogen-bond donors (Lipinski definition) is 2. The summed E-state index contributed by atoms with van der Waals surface area (Å²) >= 11 is 0.571. The maximum absolute atomic E-state index is 13.2. The molecule has 1 aromatic carbocycles. The van der Waals surface area contributed by atoms with Crippen molar-refractivity contribution >= 4 is 37.7 Å². The number of sulfonamides is 1. The van der Waals surface area contributed by atoms with Gasteiger partial charge in [-0.2, -0.15) is 0 Å². The van der Waals surface area contributed by atoms with Crippen LogP contribution in [-0.2, 0) is 10.0 Å². The van der Waals surface area contributed by atoms with Crippen LogP contribution in [0.3, 0.4) is 0 Å². The number of anilines is 2.